The number of rotatable bonds is 2. The molecule has 0 N–H and O–H groups in total. The summed E-state index contributed by atoms with van der Waals surface area (Å²) >= 11 is 5.82. The predicted molar refractivity (Wildman–Crippen MR) is 58.6 cm³/mol. The molecule has 0 aliphatic heterocycles. The zero-order valence-electron chi connectivity index (χ0n) is 8.49. The molecule has 1 aromatic carbocycles. The van der Waals surface area contributed by atoms with Gasteiger partial charge in [0, 0.05) is 17.6 Å². The van der Waals surface area contributed by atoms with E-state index in [0.29, 0.717) is 16.1 Å². The summed E-state index contributed by atoms with van der Waals surface area (Å²) in [5, 5.41) is 4.35. The molecule has 2 aromatic rings. The molecule has 0 aliphatic rings. The van der Waals surface area contributed by atoms with Crippen molar-refractivity contribution in [1.82, 2.24) is 9.78 Å². The van der Waals surface area contributed by atoms with Crippen molar-refractivity contribution < 1.29 is 8.78 Å². The molecule has 0 amide bonds. The molecule has 5 heteroatoms. The van der Waals surface area contributed by atoms with Crippen molar-refractivity contribution >= 4 is 11.6 Å². The van der Waals surface area contributed by atoms with E-state index >= 15 is 0 Å². The molecule has 0 unspecified atom stereocenters. The molecule has 0 saturated carbocycles. The van der Waals surface area contributed by atoms with Crippen molar-refractivity contribution in [3.8, 4) is 11.1 Å². The Labute approximate surface area is 96.5 Å². The van der Waals surface area contributed by atoms with Gasteiger partial charge in [0.25, 0.3) is 6.43 Å². The van der Waals surface area contributed by atoms with Gasteiger partial charge in [0.2, 0.25) is 0 Å². The Bertz CT molecular complexity index is 508. The normalized spacial score (nSPS) is 11.1. The van der Waals surface area contributed by atoms with E-state index in [1.807, 2.05) is 0 Å². The third-order valence-corrected chi connectivity index (χ3v) is 2.56. The Balaban J connectivity index is 2.56. The molecule has 0 fully saturated rings. The van der Waals surface area contributed by atoms with Gasteiger partial charge in [-0.05, 0) is 17.7 Å². The maximum Gasteiger partial charge on any atom is 0.280 e. The zero-order chi connectivity index (χ0) is 11.7. The van der Waals surface area contributed by atoms with Gasteiger partial charge in [-0.3, -0.25) is 4.68 Å². The van der Waals surface area contributed by atoms with Crippen LogP contribution in [0.4, 0.5) is 8.78 Å². The van der Waals surface area contributed by atoms with Crippen molar-refractivity contribution in [3.63, 3.8) is 0 Å². The van der Waals surface area contributed by atoms with Crippen LogP contribution >= 0.6 is 11.6 Å². The lowest BCUT2D eigenvalue weighted by Gasteiger charge is -2.05. The topological polar surface area (TPSA) is 17.8 Å². The summed E-state index contributed by atoms with van der Waals surface area (Å²) in [6.07, 6.45) is -1.13. The first-order valence-electron chi connectivity index (χ1n) is 4.65. The lowest BCUT2D eigenvalue weighted by molar-refractivity contribution is 0.141. The van der Waals surface area contributed by atoms with Crippen LogP contribution in [0.25, 0.3) is 11.1 Å². The summed E-state index contributed by atoms with van der Waals surface area (Å²) in [5.74, 6) is 0. The van der Waals surface area contributed by atoms with E-state index in [0.717, 1.165) is 0 Å². The largest absolute Gasteiger partial charge is 0.280 e. The maximum atomic E-state index is 12.8. The molecule has 1 aromatic heterocycles. The predicted octanol–water partition coefficient (Wildman–Crippen LogP) is 3.68. The first kappa shape index (κ1) is 11.1. The van der Waals surface area contributed by atoms with E-state index in [9.17, 15) is 8.78 Å². The summed E-state index contributed by atoms with van der Waals surface area (Å²) in [5.41, 5.74) is 0.971. The molecule has 0 saturated heterocycles. The highest BCUT2D eigenvalue weighted by Gasteiger charge is 2.19. The van der Waals surface area contributed by atoms with Crippen LogP contribution in [0.5, 0.6) is 0 Å². The first-order chi connectivity index (χ1) is 7.59. The van der Waals surface area contributed by atoms with Gasteiger partial charge in [0.1, 0.15) is 5.69 Å². The lowest BCUT2D eigenvalue weighted by Crippen LogP contribution is -1.99. The molecular weight excluding hydrogens is 234 g/mol. The minimum absolute atomic E-state index is 0.0951. The fourth-order valence-electron chi connectivity index (χ4n) is 1.58. The Morgan fingerprint density at radius 1 is 1.38 bits per heavy atom. The number of aryl methyl sites for hydroxylation is 1. The van der Waals surface area contributed by atoms with Crippen LogP contribution in [0.1, 0.15) is 12.1 Å². The Kier molecular flexibility index (Phi) is 2.92. The van der Waals surface area contributed by atoms with Crippen molar-refractivity contribution in [2.24, 2.45) is 7.05 Å². The Morgan fingerprint density at radius 3 is 2.75 bits per heavy atom. The molecule has 0 atom stereocenters. The van der Waals surface area contributed by atoms with Gasteiger partial charge < -0.3 is 0 Å². The molecule has 1 heterocycles. The zero-order valence-corrected chi connectivity index (χ0v) is 9.25. The number of hydrogen-bond acceptors (Lipinski definition) is 1. The quantitative estimate of drug-likeness (QED) is 0.786. The summed E-state index contributed by atoms with van der Waals surface area (Å²) in [6, 6.07) is 6.79. The molecule has 2 rings (SSSR count). The first-order valence-corrected chi connectivity index (χ1v) is 5.03. The van der Waals surface area contributed by atoms with Crippen LogP contribution in [-0.4, -0.2) is 9.78 Å². The average molecular weight is 243 g/mol. The van der Waals surface area contributed by atoms with Crippen molar-refractivity contribution in [1.29, 1.82) is 0 Å². The van der Waals surface area contributed by atoms with Crippen LogP contribution in [0.3, 0.4) is 0 Å². The van der Waals surface area contributed by atoms with E-state index in [1.165, 1.54) is 17.9 Å². The number of benzene rings is 1. The number of aromatic nitrogens is 2. The van der Waals surface area contributed by atoms with Crippen LogP contribution in [0, 0.1) is 0 Å². The molecule has 2 nitrogen and oxygen atoms in total. The summed E-state index contributed by atoms with van der Waals surface area (Å²) in [6.45, 7) is 0. The van der Waals surface area contributed by atoms with Crippen molar-refractivity contribution in [3.05, 3.63) is 41.2 Å². The highest BCUT2D eigenvalue weighted by atomic mass is 35.5. The van der Waals surface area contributed by atoms with E-state index in [1.54, 1.807) is 24.3 Å². The fraction of sp³-hybridized carbons (Fsp3) is 0.182. The van der Waals surface area contributed by atoms with Gasteiger partial charge in [-0.15, -0.1) is 0 Å². The molecule has 0 radical (unpaired) electrons. The van der Waals surface area contributed by atoms with Gasteiger partial charge in [-0.2, -0.15) is 5.10 Å². The van der Waals surface area contributed by atoms with Gasteiger partial charge in [0.05, 0.1) is 6.20 Å². The SMILES string of the molecule is Cn1ncc(-c2cccc(Cl)c2)c1C(F)F. The average Bonchev–Trinajstić information content (AvgIpc) is 2.60. The third-order valence-electron chi connectivity index (χ3n) is 2.33. The summed E-state index contributed by atoms with van der Waals surface area (Å²) in [7, 11) is 1.50. The molecule has 0 aliphatic carbocycles. The van der Waals surface area contributed by atoms with Gasteiger partial charge in [-0.25, -0.2) is 8.78 Å². The standard InChI is InChI=1S/C11H9ClF2N2/c1-16-10(11(13)14)9(6-15-16)7-3-2-4-8(12)5-7/h2-6,11H,1H3. The van der Waals surface area contributed by atoms with Gasteiger partial charge in [-0.1, -0.05) is 23.7 Å². The summed E-state index contributed by atoms with van der Waals surface area (Å²) in [4.78, 5) is 0. The second-order valence-corrected chi connectivity index (χ2v) is 3.81. The maximum absolute atomic E-state index is 12.8. The Hall–Kier alpha value is -1.42. The van der Waals surface area contributed by atoms with Crippen LogP contribution in [0.2, 0.25) is 5.02 Å². The number of nitrogens with zero attached hydrogens (tertiary/aromatic N) is 2. The minimum atomic E-state index is -2.55. The second-order valence-electron chi connectivity index (χ2n) is 3.38. The molecule has 0 spiro atoms. The van der Waals surface area contributed by atoms with E-state index in [2.05, 4.69) is 5.10 Å². The van der Waals surface area contributed by atoms with Crippen LogP contribution in [0.15, 0.2) is 30.5 Å². The molecular formula is C11H9ClF2N2. The highest BCUT2D eigenvalue weighted by molar-refractivity contribution is 6.30. The minimum Gasteiger partial charge on any atom is -0.266 e. The van der Waals surface area contributed by atoms with E-state index in [4.69, 9.17) is 11.6 Å². The van der Waals surface area contributed by atoms with E-state index in [-0.39, 0.29) is 5.69 Å². The molecule has 0 bridgehead atoms. The number of halogens is 3. The van der Waals surface area contributed by atoms with Crippen LogP contribution in [-0.2, 0) is 7.05 Å². The van der Waals surface area contributed by atoms with Crippen LogP contribution < -0.4 is 0 Å². The van der Waals surface area contributed by atoms with Gasteiger partial charge in [0.15, 0.2) is 0 Å². The fourth-order valence-corrected chi connectivity index (χ4v) is 1.77. The summed E-state index contributed by atoms with van der Waals surface area (Å²) < 4.78 is 26.8. The number of hydrogen-bond donors (Lipinski definition) is 0. The highest BCUT2D eigenvalue weighted by Crippen LogP contribution is 2.31. The van der Waals surface area contributed by atoms with Gasteiger partial charge >= 0.3 is 0 Å². The second kappa shape index (κ2) is 4.22. The molecule has 84 valence electrons. The Morgan fingerprint density at radius 2 is 2.12 bits per heavy atom. The molecule has 16 heavy (non-hydrogen) atoms. The van der Waals surface area contributed by atoms with Crippen molar-refractivity contribution in [2.75, 3.05) is 0 Å². The lowest BCUT2D eigenvalue weighted by atomic mass is 10.1. The number of alkyl halides is 2. The third kappa shape index (κ3) is 1.93. The monoisotopic (exact) mass is 242 g/mol. The smallest absolute Gasteiger partial charge is 0.266 e. The van der Waals surface area contributed by atoms with E-state index < -0.39 is 6.43 Å². The van der Waals surface area contributed by atoms with Crippen molar-refractivity contribution in [2.45, 2.75) is 6.43 Å².